The van der Waals surface area contributed by atoms with Crippen molar-refractivity contribution in [1.82, 2.24) is 0 Å². The molecule has 0 unspecified atom stereocenters. The van der Waals surface area contributed by atoms with Crippen LogP contribution in [0.15, 0.2) is 48.5 Å². The smallest absolute Gasteiger partial charge is 0.343 e. The van der Waals surface area contributed by atoms with Crippen molar-refractivity contribution >= 4 is 5.97 Å². The van der Waals surface area contributed by atoms with Gasteiger partial charge in [-0.05, 0) is 47.2 Å². The molecule has 0 saturated heterocycles. The lowest BCUT2D eigenvalue weighted by Gasteiger charge is -2.18. The SMILES string of the molecule is CC(C)(C)Cc1ccc(C(=O)Oc2ccc(CN)cc2)cc1. The second-order valence-electron chi connectivity index (χ2n) is 6.67. The van der Waals surface area contributed by atoms with Crippen molar-refractivity contribution in [3.63, 3.8) is 0 Å². The molecule has 0 heterocycles. The maximum absolute atomic E-state index is 12.1. The highest BCUT2D eigenvalue weighted by Crippen LogP contribution is 2.21. The lowest BCUT2D eigenvalue weighted by molar-refractivity contribution is 0.0734. The van der Waals surface area contributed by atoms with Crippen LogP contribution in [-0.2, 0) is 13.0 Å². The first-order chi connectivity index (χ1) is 10.4. The molecule has 0 aliphatic rings. The summed E-state index contributed by atoms with van der Waals surface area (Å²) in [6.45, 7) is 7.06. The minimum absolute atomic E-state index is 0.229. The molecule has 2 aromatic rings. The van der Waals surface area contributed by atoms with Crippen LogP contribution in [0.2, 0.25) is 0 Å². The van der Waals surface area contributed by atoms with Gasteiger partial charge < -0.3 is 10.5 Å². The van der Waals surface area contributed by atoms with Gasteiger partial charge in [0.15, 0.2) is 0 Å². The topological polar surface area (TPSA) is 52.3 Å². The number of benzene rings is 2. The Morgan fingerprint density at radius 1 is 0.955 bits per heavy atom. The molecular weight excluding hydrogens is 274 g/mol. The average Bonchev–Trinajstić information content (AvgIpc) is 2.47. The van der Waals surface area contributed by atoms with Crippen LogP contribution in [0.1, 0.15) is 42.3 Å². The summed E-state index contributed by atoms with van der Waals surface area (Å²) in [6, 6.07) is 14.8. The van der Waals surface area contributed by atoms with E-state index in [-0.39, 0.29) is 11.4 Å². The highest BCUT2D eigenvalue weighted by atomic mass is 16.5. The van der Waals surface area contributed by atoms with Gasteiger partial charge in [-0.25, -0.2) is 4.79 Å². The van der Waals surface area contributed by atoms with E-state index in [1.54, 1.807) is 12.1 Å². The van der Waals surface area contributed by atoms with E-state index >= 15 is 0 Å². The van der Waals surface area contributed by atoms with E-state index in [0.717, 1.165) is 12.0 Å². The molecular formula is C19H23NO2. The summed E-state index contributed by atoms with van der Waals surface area (Å²) in [7, 11) is 0. The Kier molecular flexibility index (Phi) is 4.99. The molecule has 3 heteroatoms. The first-order valence-electron chi connectivity index (χ1n) is 7.47. The van der Waals surface area contributed by atoms with Crippen LogP contribution in [0.3, 0.4) is 0 Å². The van der Waals surface area contributed by atoms with E-state index in [0.29, 0.717) is 17.9 Å². The molecule has 0 aromatic heterocycles. The Hall–Kier alpha value is -2.13. The minimum Gasteiger partial charge on any atom is -0.423 e. The van der Waals surface area contributed by atoms with E-state index in [1.165, 1.54) is 5.56 Å². The lowest BCUT2D eigenvalue weighted by Crippen LogP contribution is -2.11. The van der Waals surface area contributed by atoms with Crippen molar-refractivity contribution in [2.45, 2.75) is 33.7 Å². The maximum atomic E-state index is 12.1. The number of nitrogens with two attached hydrogens (primary N) is 1. The molecule has 2 aromatic carbocycles. The normalized spacial score (nSPS) is 11.3. The quantitative estimate of drug-likeness (QED) is 0.686. The van der Waals surface area contributed by atoms with Gasteiger partial charge in [0.25, 0.3) is 0 Å². The standard InChI is InChI=1S/C19H23NO2/c1-19(2,3)12-14-4-8-16(9-5-14)18(21)22-17-10-6-15(13-20)7-11-17/h4-11H,12-13,20H2,1-3H3. The molecule has 2 rings (SSSR count). The van der Waals surface area contributed by atoms with Crippen molar-refractivity contribution in [2.75, 3.05) is 0 Å². The van der Waals surface area contributed by atoms with Gasteiger partial charge in [-0.1, -0.05) is 45.0 Å². The summed E-state index contributed by atoms with van der Waals surface area (Å²) in [5.74, 6) is 0.184. The van der Waals surface area contributed by atoms with Gasteiger partial charge in [-0.2, -0.15) is 0 Å². The second kappa shape index (κ2) is 6.75. The zero-order valence-electron chi connectivity index (χ0n) is 13.4. The molecule has 0 atom stereocenters. The molecule has 0 aliphatic heterocycles. The van der Waals surface area contributed by atoms with Crippen LogP contribution in [-0.4, -0.2) is 5.97 Å². The number of carbonyl (C=O) groups is 1. The molecule has 0 bridgehead atoms. The van der Waals surface area contributed by atoms with Crippen LogP contribution >= 0.6 is 0 Å². The Morgan fingerprint density at radius 3 is 2.00 bits per heavy atom. The van der Waals surface area contributed by atoms with E-state index in [2.05, 4.69) is 20.8 Å². The molecule has 0 fully saturated rings. The Bertz CT molecular complexity index is 622. The molecule has 0 spiro atoms. The van der Waals surface area contributed by atoms with Gasteiger partial charge in [0, 0.05) is 6.54 Å². The van der Waals surface area contributed by atoms with Gasteiger partial charge in [-0.15, -0.1) is 0 Å². The molecule has 116 valence electrons. The second-order valence-corrected chi connectivity index (χ2v) is 6.67. The molecule has 22 heavy (non-hydrogen) atoms. The fourth-order valence-corrected chi connectivity index (χ4v) is 2.23. The van der Waals surface area contributed by atoms with Crippen LogP contribution in [0.5, 0.6) is 5.75 Å². The number of carbonyl (C=O) groups excluding carboxylic acids is 1. The van der Waals surface area contributed by atoms with Gasteiger partial charge in [-0.3, -0.25) is 0 Å². The van der Waals surface area contributed by atoms with Gasteiger partial charge in [0.2, 0.25) is 0 Å². The average molecular weight is 297 g/mol. The molecule has 3 nitrogen and oxygen atoms in total. The highest BCUT2D eigenvalue weighted by molar-refractivity contribution is 5.91. The van der Waals surface area contributed by atoms with Crippen LogP contribution in [0, 0.1) is 5.41 Å². The lowest BCUT2D eigenvalue weighted by atomic mass is 9.88. The number of ether oxygens (including phenoxy) is 1. The summed E-state index contributed by atoms with van der Waals surface area (Å²) in [4.78, 5) is 12.1. The highest BCUT2D eigenvalue weighted by Gasteiger charge is 2.13. The van der Waals surface area contributed by atoms with Gasteiger partial charge >= 0.3 is 5.97 Å². The van der Waals surface area contributed by atoms with E-state index in [1.807, 2.05) is 36.4 Å². The molecule has 0 radical (unpaired) electrons. The zero-order chi connectivity index (χ0) is 16.2. The number of hydrogen-bond acceptors (Lipinski definition) is 3. The molecule has 2 N–H and O–H groups in total. The van der Waals surface area contributed by atoms with E-state index in [4.69, 9.17) is 10.5 Å². The minimum atomic E-state index is -0.345. The van der Waals surface area contributed by atoms with Gasteiger partial charge in [0.05, 0.1) is 5.56 Å². The van der Waals surface area contributed by atoms with Gasteiger partial charge in [0.1, 0.15) is 5.75 Å². The maximum Gasteiger partial charge on any atom is 0.343 e. The largest absolute Gasteiger partial charge is 0.423 e. The number of rotatable bonds is 4. The van der Waals surface area contributed by atoms with Crippen molar-refractivity contribution in [3.05, 3.63) is 65.2 Å². The first-order valence-corrected chi connectivity index (χ1v) is 7.47. The summed E-state index contributed by atoms with van der Waals surface area (Å²) in [5, 5.41) is 0. The summed E-state index contributed by atoms with van der Waals surface area (Å²) < 4.78 is 5.36. The fourth-order valence-electron chi connectivity index (χ4n) is 2.23. The molecule has 0 saturated carbocycles. The fraction of sp³-hybridized carbons (Fsp3) is 0.316. The Balaban J connectivity index is 2.03. The number of hydrogen-bond donors (Lipinski definition) is 1. The van der Waals surface area contributed by atoms with Crippen LogP contribution in [0.25, 0.3) is 0 Å². The van der Waals surface area contributed by atoms with Crippen molar-refractivity contribution in [3.8, 4) is 5.75 Å². The van der Waals surface area contributed by atoms with E-state index < -0.39 is 0 Å². The predicted molar refractivity (Wildman–Crippen MR) is 88.9 cm³/mol. The zero-order valence-corrected chi connectivity index (χ0v) is 13.4. The predicted octanol–water partition coefficient (Wildman–Crippen LogP) is 3.95. The summed E-state index contributed by atoms with van der Waals surface area (Å²) in [5.41, 5.74) is 8.55. The molecule has 0 aliphatic carbocycles. The summed E-state index contributed by atoms with van der Waals surface area (Å²) >= 11 is 0. The summed E-state index contributed by atoms with van der Waals surface area (Å²) in [6.07, 6.45) is 0.975. The van der Waals surface area contributed by atoms with E-state index in [9.17, 15) is 4.79 Å². The van der Waals surface area contributed by atoms with Crippen molar-refractivity contribution in [2.24, 2.45) is 11.1 Å². The van der Waals surface area contributed by atoms with Crippen LogP contribution < -0.4 is 10.5 Å². The van der Waals surface area contributed by atoms with Crippen LogP contribution in [0.4, 0.5) is 0 Å². The third-order valence-electron chi connectivity index (χ3n) is 3.29. The number of esters is 1. The Labute approximate surface area is 132 Å². The monoisotopic (exact) mass is 297 g/mol. The third-order valence-corrected chi connectivity index (χ3v) is 3.29. The third kappa shape index (κ3) is 4.71. The van der Waals surface area contributed by atoms with Crippen molar-refractivity contribution in [1.29, 1.82) is 0 Å². The van der Waals surface area contributed by atoms with Crippen molar-refractivity contribution < 1.29 is 9.53 Å². The molecule has 0 amide bonds. The Morgan fingerprint density at radius 2 is 1.50 bits per heavy atom. The first kappa shape index (κ1) is 16.2.